The normalized spacial score (nSPS) is 22.8. The van der Waals surface area contributed by atoms with Crippen molar-refractivity contribution in [1.29, 1.82) is 0 Å². The molecule has 1 heterocycles. The molecule has 122 valence electrons. The van der Waals surface area contributed by atoms with E-state index in [0.717, 1.165) is 0 Å². The Kier molecular flexibility index (Phi) is 6.65. The summed E-state index contributed by atoms with van der Waals surface area (Å²) in [6.45, 7) is 14.3. The summed E-state index contributed by atoms with van der Waals surface area (Å²) in [5.74, 6) is -0.0666. The number of rotatable bonds is 4. The molecule has 0 radical (unpaired) electrons. The number of carbonyl (C=O) groups is 2. The van der Waals surface area contributed by atoms with Crippen LogP contribution in [0.2, 0.25) is 0 Å². The van der Waals surface area contributed by atoms with Gasteiger partial charge in [0, 0.05) is 26.2 Å². The number of hydrogen-bond acceptors (Lipinski definition) is 3. The molecule has 0 bridgehead atoms. The van der Waals surface area contributed by atoms with Gasteiger partial charge in [0.1, 0.15) is 0 Å². The topological polar surface area (TPSA) is 49.9 Å². The fourth-order valence-corrected chi connectivity index (χ4v) is 2.74. The molecule has 2 amide bonds. The van der Waals surface area contributed by atoms with Crippen LogP contribution in [0.25, 0.3) is 0 Å². The SMILES string of the molecule is CC(C)CN(CC(C)C)C(=O)C(=O)N1CC(C)OC(C)C1. The predicted octanol–water partition coefficient (Wildman–Crippen LogP) is 1.76. The summed E-state index contributed by atoms with van der Waals surface area (Å²) >= 11 is 0. The van der Waals surface area contributed by atoms with E-state index >= 15 is 0 Å². The smallest absolute Gasteiger partial charge is 0.312 e. The minimum Gasteiger partial charge on any atom is -0.372 e. The van der Waals surface area contributed by atoms with E-state index in [2.05, 4.69) is 27.7 Å². The minimum atomic E-state index is -0.390. The van der Waals surface area contributed by atoms with Gasteiger partial charge >= 0.3 is 11.8 Å². The molecule has 0 aliphatic carbocycles. The molecule has 1 fully saturated rings. The first-order valence-electron chi connectivity index (χ1n) is 7.94. The second kappa shape index (κ2) is 7.78. The molecule has 0 N–H and O–H groups in total. The first kappa shape index (κ1) is 18.0. The van der Waals surface area contributed by atoms with E-state index in [-0.39, 0.29) is 18.1 Å². The Bertz CT molecular complexity index is 349. The number of morpholine rings is 1. The summed E-state index contributed by atoms with van der Waals surface area (Å²) in [6.07, 6.45) is -0.0386. The van der Waals surface area contributed by atoms with Gasteiger partial charge in [0.05, 0.1) is 12.2 Å². The lowest BCUT2D eigenvalue weighted by molar-refractivity contribution is -0.158. The Hall–Kier alpha value is -1.10. The maximum atomic E-state index is 12.5. The van der Waals surface area contributed by atoms with Crippen LogP contribution in [0, 0.1) is 11.8 Å². The van der Waals surface area contributed by atoms with Crippen LogP contribution in [0.1, 0.15) is 41.5 Å². The lowest BCUT2D eigenvalue weighted by Gasteiger charge is -2.36. The van der Waals surface area contributed by atoms with Gasteiger partial charge in [0.15, 0.2) is 0 Å². The first-order valence-corrected chi connectivity index (χ1v) is 7.94. The number of carbonyl (C=O) groups excluding carboxylic acids is 2. The highest BCUT2D eigenvalue weighted by Crippen LogP contribution is 2.13. The molecule has 0 spiro atoms. The number of ether oxygens (including phenoxy) is 1. The molecule has 0 saturated carbocycles. The molecule has 0 aromatic heterocycles. The highest BCUT2D eigenvalue weighted by Gasteiger charge is 2.32. The van der Waals surface area contributed by atoms with Crippen molar-refractivity contribution >= 4 is 11.8 Å². The Morgan fingerprint density at radius 3 is 1.86 bits per heavy atom. The van der Waals surface area contributed by atoms with E-state index < -0.39 is 5.91 Å². The van der Waals surface area contributed by atoms with E-state index in [4.69, 9.17) is 4.74 Å². The van der Waals surface area contributed by atoms with Crippen LogP contribution >= 0.6 is 0 Å². The Morgan fingerprint density at radius 1 is 1.05 bits per heavy atom. The second-order valence-corrected chi connectivity index (χ2v) is 6.97. The van der Waals surface area contributed by atoms with Crippen LogP contribution in [0.4, 0.5) is 0 Å². The molecule has 5 nitrogen and oxygen atoms in total. The summed E-state index contributed by atoms with van der Waals surface area (Å²) in [4.78, 5) is 28.3. The van der Waals surface area contributed by atoms with Crippen LogP contribution in [0.5, 0.6) is 0 Å². The van der Waals surface area contributed by atoms with Crippen molar-refractivity contribution in [2.45, 2.75) is 53.8 Å². The highest BCUT2D eigenvalue weighted by molar-refractivity contribution is 6.34. The largest absolute Gasteiger partial charge is 0.372 e. The average molecular weight is 298 g/mol. The molecule has 1 aliphatic rings. The van der Waals surface area contributed by atoms with Gasteiger partial charge in [-0.05, 0) is 25.7 Å². The van der Waals surface area contributed by atoms with Gasteiger partial charge < -0.3 is 14.5 Å². The van der Waals surface area contributed by atoms with E-state index in [0.29, 0.717) is 38.0 Å². The second-order valence-electron chi connectivity index (χ2n) is 6.97. The van der Waals surface area contributed by atoms with Gasteiger partial charge in [-0.25, -0.2) is 0 Å². The molecular formula is C16H30N2O3. The van der Waals surface area contributed by atoms with Gasteiger partial charge in [-0.3, -0.25) is 9.59 Å². The maximum absolute atomic E-state index is 12.5. The quantitative estimate of drug-likeness (QED) is 0.743. The van der Waals surface area contributed by atoms with Crippen molar-refractivity contribution in [1.82, 2.24) is 9.80 Å². The van der Waals surface area contributed by atoms with E-state index in [1.54, 1.807) is 9.80 Å². The molecule has 1 rings (SSSR count). The standard InChI is InChI=1S/C16H30N2O3/c1-11(2)7-17(8-12(3)4)15(19)16(20)18-9-13(5)21-14(6)10-18/h11-14H,7-10H2,1-6H3. The zero-order valence-electron chi connectivity index (χ0n) is 14.3. The fourth-order valence-electron chi connectivity index (χ4n) is 2.74. The molecule has 1 saturated heterocycles. The van der Waals surface area contributed by atoms with E-state index in [9.17, 15) is 9.59 Å². The van der Waals surface area contributed by atoms with Crippen molar-refractivity contribution in [2.75, 3.05) is 26.2 Å². The number of hydrogen-bond donors (Lipinski definition) is 0. The van der Waals surface area contributed by atoms with Crippen LogP contribution in [-0.2, 0) is 14.3 Å². The van der Waals surface area contributed by atoms with Gasteiger partial charge in [-0.15, -0.1) is 0 Å². The average Bonchev–Trinajstić information content (AvgIpc) is 2.33. The molecule has 2 atom stereocenters. The molecule has 0 aromatic rings. The summed E-state index contributed by atoms with van der Waals surface area (Å²) in [7, 11) is 0. The molecular weight excluding hydrogens is 268 g/mol. The van der Waals surface area contributed by atoms with Crippen molar-refractivity contribution in [3.8, 4) is 0 Å². The number of amides is 2. The molecule has 2 unspecified atom stereocenters. The highest BCUT2D eigenvalue weighted by atomic mass is 16.5. The summed E-state index contributed by atoms with van der Waals surface area (Å²) in [6, 6.07) is 0. The van der Waals surface area contributed by atoms with Crippen molar-refractivity contribution in [2.24, 2.45) is 11.8 Å². The van der Waals surface area contributed by atoms with Crippen LogP contribution < -0.4 is 0 Å². The monoisotopic (exact) mass is 298 g/mol. The third-order valence-electron chi connectivity index (χ3n) is 3.35. The van der Waals surface area contributed by atoms with Crippen LogP contribution in [0.3, 0.4) is 0 Å². The third kappa shape index (κ3) is 5.65. The number of nitrogens with zero attached hydrogens (tertiary/aromatic N) is 2. The minimum absolute atomic E-state index is 0.0193. The van der Waals surface area contributed by atoms with Crippen LogP contribution in [0.15, 0.2) is 0 Å². The fraction of sp³-hybridized carbons (Fsp3) is 0.875. The van der Waals surface area contributed by atoms with E-state index in [1.165, 1.54) is 0 Å². The van der Waals surface area contributed by atoms with Gasteiger partial charge in [0.2, 0.25) is 0 Å². The lowest BCUT2D eigenvalue weighted by atomic mass is 10.1. The Balaban J connectivity index is 2.74. The zero-order valence-corrected chi connectivity index (χ0v) is 14.3. The van der Waals surface area contributed by atoms with Gasteiger partial charge in [0.25, 0.3) is 0 Å². The molecule has 21 heavy (non-hydrogen) atoms. The third-order valence-corrected chi connectivity index (χ3v) is 3.35. The molecule has 1 aliphatic heterocycles. The summed E-state index contributed by atoms with van der Waals surface area (Å²) in [5, 5.41) is 0. The zero-order chi connectivity index (χ0) is 16.2. The van der Waals surface area contributed by atoms with Crippen molar-refractivity contribution in [3.05, 3.63) is 0 Å². The van der Waals surface area contributed by atoms with Gasteiger partial charge in [-0.1, -0.05) is 27.7 Å². The van der Waals surface area contributed by atoms with Crippen molar-refractivity contribution < 1.29 is 14.3 Å². The van der Waals surface area contributed by atoms with Gasteiger partial charge in [-0.2, -0.15) is 0 Å². The van der Waals surface area contributed by atoms with Crippen LogP contribution in [-0.4, -0.2) is 60.0 Å². The Labute approximate surface area is 128 Å². The summed E-state index contributed by atoms with van der Waals surface area (Å²) in [5.41, 5.74) is 0. The van der Waals surface area contributed by atoms with Crippen molar-refractivity contribution in [3.63, 3.8) is 0 Å². The Morgan fingerprint density at radius 2 is 1.48 bits per heavy atom. The lowest BCUT2D eigenvalue weighted by Crippen LogP contribution is -2.54. The summed E-state index contributed by atoms with van der Waals surface area (Å²) < 4.78 is 5.62. The predicted molar refractivity (Wildman–Crippen MR) is 82.8 cm³/mol. The molecule has 5 heteroatoms. The molecule has 0 aromatic carbocycles. The van der Waals surface area contributed by atoms with E-state index in [1.807, 2.05) is 13.8 Å². The first-order chi connectivity index (χ1) is 9.70. The maximum Gasteiger partial charge on any atom is 0.312 e.